The fourth-order valence-electron chi connectivity index (χ4n) is 6.02. The number of aliphatic carboxylic acids is 1. The van der Waals surface area contributed by atoms with Gasteiger partial charge >= 0.3 is 5.97 Å². The first-order valence-corrected chi connectivity index (χ1v) is 14.7. The van der Waals surface area contributed by atoms with E-state index >= 15 is 4.39 Å². The summed E-state index contributed by atoms with van der Waals surface area (Å²) in [5.74, 6) is -1.69. The number of imidazole rings is 1. The number of carbonyl (C=O) groups is 1. The molecule has 0 fully saturated rings. The van der Waals surface area contributed by atoms with E-state index in [0.717, 1.165) is 34.2 Å². The minimum atomic E-state index is -1.33. The summed E-state index contributed by atoms with van der Waals surface area (Å²) in [5, 5.41) is 10.4. The summed E-state index contributed by atoms with van der Waals surface area (Å²) in [4.78, 5) is 17.8. The monoisotopic (exact) mass is 596 g/mol. The Bertz CT molecular complexity index is 1910. The van der Waals surface area contributed by atoms with Crippen molar-refractivity contribution in [2.75, 3.05) is 6.61 Å². The number of benzene rings is 3. The Labute approximate surface area is 254 Å². The van der Waals surface area contributed by atoms with Gasteiger partial charge in [-0.2, -0.15) is 0 Å². The summed E-state index contributed by atoms with van der Waals surface area (Å²) in [7, 11) is 0. The topological polar surface area (TPSA) is 73.1 Å². The Hall–Kier alpha value is -4.56. The molecule has 6 nitrogen and oxygen atoms in total. The molecule has 0 saturated carbocycles. The van der Waals surface area contributed by atoms with Crippen LogP contribution in [0, 0.1) is 25.5 Å². The standard InChI is InChI=1S/C36H34F2N2O4/c1-20-18-40-19-29(24-9-6-8-23(16-24)22-11-13-25(37)14-12-22)39-34(40)31(30(20)33(35(41)42)44-36(3,4)5)27-17-28(38)32-26(21(27)2)10-7-15-43-32/h6,8-9,11-14,16-19,33H,7,10,15H2,1-5H3,(H,41,42)/t33-/m0/s1. The third-order valence-corrected chi connectivity index (χ3v) is 7.98. The molecular formula is C36H34F2N2O4. The highest BCUT2D eigenvalue weighted by molar-refractivity contribution is 5.90. The number of fused-ring (bicyclic) bond motifs is 2. The Morgan fingerprint density at radius 1 is 1.02 bits per heavy atom. The van der Waals surface area contributed by atoms with Crippen molar-refractivity contribution >= 4 is 11.6 Å². The molecule has 1 N–H and O–H groups in total. The lowest BCUT2D eigenvalue weighted by Crippen LogP contribution is -2.28. The van der Waals surface area contributed by atoms with Gasteiger partial charge in [0.05, 0.1) is 17.9 Å². The largest absolute Gasteiger partial charge is 0.490 e. The van der Waals surface area contributed by atoms with Gasteiger partial charge in [-0.3, -0.25) is 0 Å². The molecule has 6 rings (SSSR count). The van der Waals surface area contributed by atoms with Crippen LogP contribution in [0.3, 0.4) is 0 Å². The fraction of sp³-hybridized carbons (Fsp3) is 0.278. The Morgan fingerprint density at radius 3 is 2.45 bits per heavy atom. The van der Waals surface area contributed by atoms with Gasteiger partial charge in [-0.15, -0.1) is 0 Å². The average Bonchev–Trinajstić information content (AvgIpc) is 3.41. The minimum Gasteiger partial charge on any atom is -0.490 e. The first-order chi connectivity index (χ1) is 20.9. The second kappa shape index (κ2) is 11.2. The van der Waals surface area contributed by atoms with Crippen LogP contribution in [0.15, 0.2) is 67.0 Å². The highest BCUT2D eigenvalue weighted by Gasteiger charge is 2.34. The van der Waals surface area contributed by atoms with Crippen LogP contribution in [0.5, 0.6) is 5.75 Å². The number of halogens is 2. The number of hydrogen-bond acceptors (Lipinski definition) is 4. The zero-order valence-corrected chi connectivity index (χ0v) is 25.4. The van der Waals surface area contributed by atoms with Gasteiger partial charge in [0.15, 0.2) is 17.7 Å². The number of carboxylic acids is 1. The molecule has 0 saturated heterocycles. The van der Waals surface area contributed by atoms with Crippen molar-refractivity contribution in [3.8, 4) is 39.3 Å². The molecule has 3 aromatic carbocycles. The van der Waals surface area contributed by atoms with E-state index in [-0.39, 0.29) is 11.6 Å². The average molecular weight is 597 g/mol. The van der Waals surface area contributed by atoms with Gasteiger partial charge in [0.25, 0.3) is 0 Å². The SMILES string of the molecule is Cc1cn2cc(-c3cccc(-c4ccc(F)cc4)c3)nc2c(-c2cc(F)c3c(c2C)CCCO3)c1[C@H](OC(C)(C)C)C(=O)O. The number of rotatable bonds is 6. The second-order valence-electron chi connectivity index (χ2n) is 12.3. The number of aryl methyl sites for hydroxylation is 1. The predicted molar refractivity (Wildman–Crippen MR) is 166 cm³/mol. The maximum Gasteiger partial charge on any atom is 0.337 e. The van der Waals surface area contributed by atoms with E-state index in [2.05, 4.69) is 0 Å². The van der Waals surface area contributed by atoms with Crippen molar-refractivity contribution in [3.63, 3.8) is 0 Å². The lowest BCUT2D eigenvalue weighted by atomic mass is 9.87. The molecule has 8 heteroatoms. The van der Waals surface area contributed by atoms with Crippen molar-refractivity contribution in [2.45, 2.75) is 59.2 Å². The van der Waals surface area contributed by atoms with E-state index in [0.29, 0.717) is 46.6 Å². The van der Waals surface area contributed by atoms with Crippen molar-refractivity contribution < 1.29 is 28.2 Å². The van der Waals surface area contributed by atoms with Gasteiger partial charge in [-0.1, -0.05) is 30.3 Å². The van der Waals surface area contributed by atoms with Crippen LogP contribution < -0.4 is 4.74 Å². The molecule has 1 aliphatic rings. The van der Waals surface area contributed by atoms with Crippen LogP contribution in [0.2, 0.25) is 0 Å². The fourth-order valence-corrected chi connectivity index (χ4v) is 6.02. The van der Waals surface area contributed by atoms with Gasteiger partial charge in [-0.25, -0.2) is 18.6 Å². The number of carboxylic acid groups (broad SMARTS) is 1. The molecule has 44 heavy (non-hydrogen) atoms. The van der Waals surface area contributed by atoms with E-state index in [1.54, 1.807) is 32.9 Å². The van der Waals surface area contributed by atoms with Gasteiger partial charge in [0.1, 0.15) is 11.5 Å². The van der Waals surface area contributed by atoms with Crippen LogP contribution in [0.1, 0.15) is 55.5 Å². The quantitative estimate of drug-likeness (QED) is 0.213. The molecular weight excluding hydrogens is 562 g/mol. The van der Waals surface area contributed by atoms with Crippen LogP contribution in [-0.4, -0.2) is 32.7 Å². The molecule has 0 amide bonds. The van der Waals surface area contributed by atoms with E-state index in [1.165, 1.54) is 18.2 Å². The van der Waals surface area contributed by atoms with Crippen molar-refractivity contribution in [1.29, 1.82) is 0 Å². The molecule has 0 aliphatic carbocycles. The number of ether oxygens (including phenoxy) is 2. The lowest BCUT2D eigenvalue weighted by molar-refractivity contribution is -0.160. The predicted octanol–water partition coefficient (Wildman–Crippen LogP) is 8.50. The highest BCUT2D eigenvalue weighted by Crippen LogP contribution is 2.44. The molecule has 1 atom stereocenters. The smallest absolute Gasteiger partial charge is 0.337 e. The normalized spacial score (nSPS) is 13.9. The molecule has 0 spiro atoms. The maximum absolute atomic E-state index is 15.6. The van der Waals surface area contributed by atoms with E-state index < -0.39 is 23.5 Å². The Kier molecular flexibility index (Phi) is 7.49. The van der Waals surface area contributed by atoms with E-state index in [1.807, 2.05) is 54.9 Å². The summed E-state index contributed by atoms with van der Waals surface area (Å²) in [6, 6.07) is 15.5. The third kappa shape index (κ3) is 5.46. The summed E-state index contributed by atoms with van der Waals surface area (Å²) in [5.41, 5.74) is 6.69. The zero-order valence-electron chi connectivity index (χ0n) is 25.4. The summed E-state index contributed by atoms with van der Waals surface area (Å²) >= 11 is 0. The summed E-state index contributed by atoms with van der Waals surface area (Å²) < 4.78 is 42.9. The van der Waals surface area contributed by atoms with Gasteiger partial charge in [0.2, 0.25) is 0 Å². The molecule has 0 bridgehead atoms. The molecule has 226 valence electrons. The zero-order chi connectivity index (χ0) is 31.3. The number of hydrogen-bond donors (Lipinski definition) is 1. The summed E-state index contributed by atoms with van der Waals surface area (Å²) in [6.07, 6.45) is 3.80. The van der Waals surface area contributed by atoms with Crippen LogP contribution in [0.4, 0.5) is 8.78 Å². The molecule has 5 aromatic rings. The second-order valence-corrected chi connectivity index (χ2v) is 12.3. The minimum absolute atomic E-state index is 0.255. The first kappa shape index (κ1) is 29.5. The number of pyridine rings is 1. The van der Waals surface area contributed by atoms with Crippen LogP contribution in [-0.2, 0) is 16.0 Å². The molecule has 0 unspecified atom stereocenters. The molecule has 0 radical (unpaired) electrons. The van der Waals surface area contributed by atoms with Crippen molar-refractivity contribution in [2.24, 2.45) is 0 Å². The highest BCUT2D eigenvalue weighted by atomic mass is 19.1. The van der Waals surface area contributed by atoms with Gasteiger partial charge < -0.3 is 19.0 Å². The van der Waals surface area contributed by atoms with Crippen molar-refractivity contribution in [3.05, 3.63) is 101 Å². The van der Waals surface area contributed by atoms with Crippen LogP contribution >= 0.6 is 0 Å². The third-order valence-electron chi connectivity index (χ3n) is 7.98. The number of aromatic nitrogens is 2. The molecule has 3 heterocycles. The Balaban J connectivity index is 1.62. The van der Waals surface area contributed by atoms with Crippen molar-refractivity contribution in [1.82, 2.24) is 9.38 Å². The van der Waals surface area contributed by atoms with E-state index in [9.17, 15) is 14.3 Å². The molecule has 1 aliphatic heterocycles. The maximum atomic E-state index is 15.6. The van der Waals surface area contributed by atoms with Gasteiger partial charge in [0, 0.05) is 34.6 Å². The Morgan fingerprint density at radius 2 is 1.75 bits per heavy atom. The first-order valence-electron chi connectivity index (χ1n) is 14.7. The summed E-state index contributed by atoms with van der Waals surface area (Å²) in [6.45, 7) is 9.62. The van der Waals surface area contributed by atoms with Crippen LogP contribution in [0.25, 0.3) is 39.2 Å². The van der Waals surface area contributed by atoms with Gasteiger partial charge in [-0.05, 0) is 99.5 Å². The lowest BCUT2D eigenvalue weighted by Gasteiger charge is -2.29. The van der Waals surface area contributed by atoms with E-state index in [4.69, 9.17) is 14.5 Å². The molecule has 2 aromatic heterocycles. The number of nitrogens with zero attached hydrogens (tertiary/aromatic N) is 2.